The van der Waals surface area contributed by atoms with Gasteiger partial charge in [-0.1, -0.05) is 30.3 Å². The summed E-state index contributed by atoms with van der Waals surface area (Å²) in [5.74, 6) is 0.685. The van der Waals surface area contributed by atoms with Gasteiger partial charge in [-0.2, -0.15) is 5.10 Å². The van der Waals surface area contributed by atoms with E-state index in [-0.39, 0.29) is 24.6 Å². The van der Waals surface area contributed by atoms with Crippen molar-refractivity contribution >= 4 is 28.5 Å². The molecule has 0 radical (unpaired) electrons. The fourth-order valence-electron chi connectivity index (χ4n) is 4.51. The van der Waals surface area contributed by atoms with Gasteiger partial charge >= 0.3 is 6.09 Å². The molecular weight excluding hydrogens is 438 g/mol. The Morgan fingerprint density at radius 2 is 1.91 bits per heavy atom. The molecule has 1 aromatic heterocycles. The Kier molecular flexibility index (Phi) is 6.31. The van der Waals surface area contributed by atoms with E-state index in [4.69, 9.17) is 14.6 Å². The van der Waals surface area contributed by atoms with E-state index in [0.717, 1.165) is 35.7 Å². The van der Waals surface area contributed by atoms with Crippen LogP contribution in [-0.2, 0) is 16.1 Å². The molecule has 0 spiro atoms. The molecule has 10 heteroatoms. The molecule has 1 atom stereocenters. The molecule has 3 aromatic rings. The maximum absolute atomic E-state index is 12.5. The standard InChI is InChI=1S/C24H27N5O5/c30-24(34-17-18-6-2-1-3-7-18)27-13-11-26(12-14-27)23-20-16-19(29(31)32)9-10-21(20)28(25-23)22-8-4-5-15-33-22/h1-3,6-7,9-10,16,22H,4-5,8,11-15,17H2. The van der Waals surface area contributed by atoms with Gasteiger partial charge in [-0.15, -0.1) is 0 Å². The minimum absolute atomic E-state index is 0.0287. The Hall–Kier alpha value is -3.66. The average molecular weight is 466 g/mol. The highest BCUT2D eigenvalue weighted by molar-refractivity contribution is 5.92. The van der Waals surface area contributed by atoms with Crippen LogP contribution in [-0.4, -0.2) is 58.5 Å². The van der Waals surface area contributed by atoms with Gasteiger partial charge in [-0.3, -0.25) is 10.1 Å². The molecule has 1 unspecified atom stereocenters. The number of ether oxygens (including phenoxy) is 2. The quantitative estimate of drug-likeness (QED) is 0.413. The van der Waals surface area contributed by atoms with Crippen LogP contribution in [0.4, 0.5) is 16.3 Å². The maximum atomic E-state index is 12.5. The first-order valence-corrected chi connectivity index (χ1v) is 11.6. The minimum atomic E-state index is -0.391. The van der Waals surface area contributed by atoms with Gasteiger partial charge in [0, 0.05) is 44.9 Å². The van der Waals surface area contributed by atoms with Crippen LogP contribution in [0.15, 0.2) is 48.5 Å². The number of benzene rings is 2. The van der Waals surface area contributed by atoms with Crippen LogP contribution in [0.1, 0.15) is 31.1 Å². The largest absolute Gasteiger partial charge is 0.445 e. The number of fused-ring (bicyclic) bond motifs is 1. The predicted octanol–water partition coefficient (Wildman–Crippen LogP) is 4.10. The highest BCUT2D eigenvalue weighted by Crippen LogP contribution is 2.34. The van der Waals surface area contributed by atoms with Crippen molar-refractivity contribution in [1.29, 1.82) is 0 Å². The molecular formula is C24H27N5O5. The first-order chi connectivity index (χ1) is 16.6. The van der Waals surface area contributed by atoms with Crippen molar-refractivity contribution in [3.05, 3.63) is 64.2 Å². The third kappa shape index (κ3) is 4.54. The summed E-state index contributed by atoms with van der Waals surface area (Å²) in [6, 6.07) is 14.4. The molecule has 2 saturated heterocycles. The lowest BCUT2D eigenvalue weighted by atomic mass is 10.1. The van der Waals surface area contributed by atoms with E-state index < -0.39 is 4.92 Å². The highest BCUT2D eigenvalue weighted by Gasteiger charge is 2.28. The topological polar surface area (TPSA) is 103 Å². The van der Waals surface area contributed by atoms with E-state index in [9.17, 15) is 14.9 Å². The van der Waals surface area contributed by atoms with Gasteiger partial charge in [0.15, 0.2) is 12.0 Å². The summed E-state index contributed by atoms with van der Waals surface area (Å²) in [5.41, 5.74) is 1.79. The highest BCUT2D eigenvalue weighted by atomic mass is 16.6. The first-order valence-electron chi connectivity index (χ1n) is 11.6. The van der Waals surface area contributed by atoms with E-state index in [1.165, 1.54) is 6.07 Å². The monoisotopic (exact) mass is 465 g/mol. The number of anilines is 1. The molecule has 3 heterocycles. The third-order valence-corrected chi connectivity index (χ3v) is 6.35. The first kappa shape index (κ1) is 22.1. The molecule has 2 aromatic carbocycles. The van der Waals surface area contributed by atoms with Gasteiger partial charge < -0.3 is 19.3 Å². The van der Waals surface area contributed by atoms with Crippen LogP contribution in [0.3, 0.4) is 0 Å². The smallest absolute Gasteiger partial charge is 0.410 e. The molecule has 10 nitrogen and oxygen atoms in total. The van der Waals surface area contributed by atoms with E-state index in [0.29, 0.717) is 38.6 Å². The van der Waals surface area contributed by atoms with Crippen molar-refractivity contribution in [2.75, 3.05) is 37.7 Å². The van der Waals surface area contributed by atoms with Gasteiger partial charge in [0.2, 0.25) is 0 Å². The lowest BCUT2D eigenvalue weighted by Crippen LogP contribution is -2.49. The minimum Gasteiger partial charge on any atom is -0.445 e. The van der Waals surface area contributed by atoms with Crippen molar-refractivity contribution in [1.82, 2.24) is 14.7 Å². The summed E-state index contributed by atoms with van der Waals surface area (Å²) in [6.07, 6.45) is 2.41. The Balaban J connectivity index is 1.32. The lowest BCUT2D eigenvalue weighted by Gasteiger charge is -2.34. The summed E-state index contributed by atoms with van der Waals surface area (Å²) < 4.78 is 13.3. The number of amides is 1. The summed E-state index contributed by atoms with van der Waals surface area (Å²) in [7, 11) is 0. The molecule has 0 aliphatic carbocycles. The van der Waals surface area contributed by atoms with Gasteiger partial charge in [-0.05, 0) is 30.9 Å². The number of carbonyl (C=O) groups excluding carboxylic acids is 1. The molecule has 0 saturated carbocycles. The molecule has 0 N–H and O–H groups in total. The number of rotatable bonds is 5. The second kappa shape index (κ2) is 9.68. The summed E-state index contributed by atoms with van der Waals surface area (Å²) in [4.78, 5) is 27.3. The molecule has 5 rings (SSSR count). The van der Waals surface area contributed by atoms with Crippen molar-refractivity contribution in [2.45, 2.75) is 32.1 Å². The van der Waals surface area contributed by atoms with Crippen molar-refractivity contribution < 1.29 is 19.2 Å². The van der Waals surface area contributed by atoms with Crippen LogP contribution in [0.5, 0.6) is 0 Å². The molecule has 34 heavy (non-hydrogen) atoms. The number of non-ortho nitro benzene ring substituents is 1. The Bertz CT molecular complexity index is 1170. The number of nitro benzene ring substituents is 1. The molecule has 0 bridgehead atoms. The molecule has 2 aliphatic heterocycles. The van der Waals surface area contributed by atoms with Crippen LogP contribution in [0, 0.1) is 10.1 Å². The summed E-state index contributed by atoms with van der Waals surface area (Å²) >= 11 is 0. The summed E-state index contributed by atoms with van der Waals surface area (Å²) in [6.45, 7) is 2.99. The second-order valence-electron chi connectivity index (χ2n) is 8.56. The second-order valence-corrected chi connectivity index (χ2v) is 8.56. The summed E-state index contributed by atoms with van der Waals surface area (Å²) in [5, 5.41) is 17.0. The van der Waals surface area contributed by atoms with Gasteiger partial charge in [-0.25, -0.2) is 9.48 Å². The number of aromatic nitrogens is 2. The zero-order valence-electron chi connectivity index (χ0n) is 18.8. The Morgan fingerprint density at radius 1 is 1.12 bits per heavy atom. The van der Waals surface area contributed by atoms with E-state index in [2.05, 4.69) is 4.90 Å². The van der Waals surface area contributed by atoms with Crippen LogP contribution in [0.25, 0.3) is 10.9 Å². The number of nitro groups is 1. The van der Waals surface area contributed by atoms with Crippen molar-refractivity contribution in [3.63, 3.8) is 0 Å². The Labute approximate surface area is 196 Å². The van der Waals surface area contributed by atoms with Gasteiger partial charge in [0.1, 0.15) is 6.61 Å². The van der Waals surface area contributed by atoms with Crippen molar-refractivity contribution in [3.8, 4) is 0 Å². The van der Waals surface area contributed by atoms with Crippen LogP contribution >= 0.6 is 0 Å². The lowest BCUT2D eigenvalue weighted by molar-refractivity contribution is -0.384. The SMILES string of the molecule is O=C(OCc1ccccc1)N1CCN(c2nn(C3CCCCO3)c3ccc([N+](=O)[O-])cc23)CC1. The predicted molar refractivity (Wildman–Crippen MR) is 126 cm³/mol. The van der Waals surface area contributed by atoms with Gasteiger partial charge in [0.25, 0.3) is 5.69 Å². The maximum Gasteiger partial charge on any atom is 0.410 e. The normalized spacial score (nSPS) is 18.8. The van der Waals surface area contributed by atoms with Crippen LogP contribution < -0.4 is 4.90 Å². The van der Waals surface area contributed by atoms with E-state index in [1.807, 2.05) is 35.0 Å². The molecule has 2 fully saturated rings. The molecule has 178 valence electrons. The van der Waals surface area contributed by atoms with Crippen molar-refractivity contribution in [2.24, 2.45) is 0 Å². The number of hydrogen-bond donors (Lipinski definition) is 0. The Morgan fingerprint density at radius 3 is 2.62 bits per heavy atom. The van der Waals surface area contributed by atoms with Crippen LogP contribution in [0.2, 0.25) is 0 Å². The number of hydrogen-bond acceptors (Lipinski definition) is 7. The molecule has 1 amide bonds. The molecule has 2 aliphatic rings. The average Bonchev–Trinajstić information content (AvgIpc) is 3.27. The van der Waals surface area contributed by atoms with Gasteiger partial charge in [0.05, 0.1) is 15.8 Å². The number of carbonyl (C=O) groups is 1. The fourth-order valence-corrected chi connectivity index (χ4v) is 4.51. The zero-order valence-corrected chi connectivity index (χ0v) is 18.8. The zero-order chi connectivity index (χ0) is 23.5. The van der Waals surface area contributed by atoms with E-state index in [1.54, 1.807) is 17.0 Å². The number of piperazine rings is 1. The van der Waals surface area contributed by atoms with E-state index >= 15 is 0 Å². The number of nitrogens with zero attached hydrogens (tertiary/aromatic N) is 5. The third-order valence-electron chi connectivity index (χ3n) is 6.35. The fraction of sp³-hybridized carbons (Fsp3) is 0.417.